The number of pyridine rings is 1. The van der Waals surface area contributed by atoms with Gasteiger partial charge < -0.3 is 14.8 Å². The monoisotopic (exact) mass is 322 g/mol. The highest BCUT2D eigenvalue weighted by Crippen LogP contribution is 2.28. The lowest BCUT2D eigenvalue weighted by Crippen LogP contribution is -2.13. The van der Waals surface area contributed by atoms with Crippen molar-refractivity contribution in [3.63, 3.8) is 0 Å². The molecule has 0 bridgehead atoms. The molecule has 22 heavy (non-hydrogen) atoms. The van der Waals surface area contributed by atoms with Crippen molar-refractivity contribution in [1.29, 1.82) is 0 Å². The number of halogens is 1. The van der Waals surface area contributed by atoms with E-state index in [1.165, 1.54) is 11.1 Å². The van der Waals surface area contributed by atoms with E-state index in [1.54, 1.807) is 6.20 Å². The summed E-state index contributed by atoms with van der Waals surface area (Å²) in [5, 5.41) is 3.40. The summed E-state index contributed by atoms with van der Waals surface area (Å²) in [7, 11) is 0. The van der Waals surface area contributed by atoms with Gasteiger partial charge in [-0.2, -0.15) is 0 Å². The molecular formula is C17H23ClN2O2. The molecule has 0 aliphatic heterocycles. The number of nitrogens with one attached hydrogen (secondary N) is 1. The summed E-state index contributed by atoms with van der Waals surface area (Å²) in [5.41, 5.74) is 2.35. The number of aromatic nitrogens is 1. The van der Waals surface area contributed by atoms with E-state index in [-0.39, 0.29) is 12.4 Å². The van der Waals surface area contributed by atoms with Crippen molar-refractivity contribution in [3.8, 4) is 11.5 Å². The van der Waals surface area contributed by atoms with Crippen molar-refractivity contribution in [2.45, 2.75) is 26.9 Å². The molecule has 0 amide bonds. The highest BCUT2D eigenvalue weighted by atomic mass is 35.5. The van der Waals surface area contributed by atoms with Crippen LogP contribution in [0, 0.1) is 0 Å². The molecule has 1 N–H and O–H groups in total. The predicted octanol–water partition coefficient (Wildman–Crippen LogP) is 3.59. The SMILES string of the molecule is CCOc1ccc(CNCc2cccnc2)cc1OCC.Cl. The van der Waals surface area contributed by atoms with Crippen LogP contribution < -0.4 is 14.8 Å². The molecule has 5 heteroatoms. The number of hydrogen-bond donors (Lipinski definition) is 1. The maximum absolute atomic E-state index is 5.63. The van der Waals surface area contributed by atoms with Crippen molar-refractivity contribution in [2.75, 3.05) is 13.2 Å². The van der Waals surface area contributed by atoms with Crippen LogP contribution in [-0.4, -0.2) is 18.2 Å². The number of ether oxygens (including phenoxy) is 2. The molecule has 0 unspecified atom stereocenters. The van der Waals surface area contributed by atoms with Crippen LogP contribution in [0.4, 0.5) is 0 Å². The van der Waals surface area contributed by atoms with Gasteiger partial charge in [0.1, 0.15) is 0 Å². The summed E-state index contributed by atoms with van der Waals surface area (Å²) in [6.07, 6.45) is 3.65. The summed E-state index contributed by atoms with van der Waals surface area (Å²) < 4.78 is 11.2. The standard InChI is InChI=1S/C17H22N2O2.ClH/c1-3-20-16-8-7-14(10-17(16)21-4-2)11-19-13-15-6-5-9-18-12-15;/h5-10,12,19H,3-4,11,13H2,1-2H3;1H. The molecule has 1 aromatic heterocycles. The summed E-state index contributed by atoms with van der Waals surface area (Å²) in [5.74, 6) is 1.61. The molecule has 0 saturated heterocycles. The highest BCUT2D eigenvalue weighted by molar-refractivity contribution is 5.85. The van der Waals surface area contributed by atoms with Crippen LogP contribution in [0.5, 0.6) is 11.5 Å². The van der Waals surface area contributed by atoms with Crippen molar-refractivity contribution in [3.05, 3.63) is 53.9 Å². The smallest absolute Gasteiger partial charge is 0.161 e. The van der Waals surface area contributed by atoms with Crippen molar-refractivity contribution < 1.29 is 9.47 Å². The third kappa shape index (κ3) is 5.54. The summed E-state index contributed by atoms with van der Waals surface area (Å²) in [6, 6.07) is 10.1. The zero-order valence-electron chi connectivity index (χ0n) is 13.0. The second-order valence-corrected chi connectivity index (χ2v) is 4.61. The van der Waals surface area contributed by atoms with Gasteiger partial charge in [-0.25, -0.2) is 0 Å². The van der Waals surface area contributed by atoms with Crippen LogP contribution in [0.15, 0.2) is 42.7 Å². The van der Waals surface area contributed by atoms with Crippen molar-refractivity contribution in [1.82, 2.24) is 10.3 Å². The quantitative estimate of drug-likeness (QED) is 0.806. The second kappa shape index (κ2) is 10.0. The Bertz CT molecular complexity index is 550. The molecule has 0 fully saturated rings. The van der Waals surface area contributed by atoms with E-state index in [9.17, 15) is 0 Å². The first-order chi connectivity index (χ1) is 10.3. The van der Waals surface area contributed by atoms with Gasteiger partial charge in [-0.3, -0.25) is 4.98 Å². The first-order valence-corrected chi connectivity index (χ1v) is 7.31. The minimum absolute atomic E-state index is 0. The molecule has 2 aromatic rings. The molecule has 0 aliphatic carbocycles. The average Bonchev–Trinajstić information content (AvgIpc) is 2.51. The lowest BCUT2D eigenvalue weighted by molar-refractivity contribution is 0.287. The second-order valence-electron chi connectivity index (χ2n) is 4.61. The summed E-state index contributed by atoms with van der Waals surface area (Å²) in [4.78, 5) is 4.10. The molecule has 0 spiro atoms. The van der Waals surface area contributed by atoms with Crippen LogP contribution in [0.25, 0.3) is 0 Å². The molecule has 1 aromatic carbocycles. The fraction of sp³-hybridized carbons (Fsp3) is 0.353. The van der Waals surface area contributed by atoms with E-state index in [1.807, 2.05) is 38.2 Å². The zero-order chi connectivity index (χ0) is 14.9. The fourth-order valence-corrected chi connectivity index (χ4v) is 2.06. The van der Waals surface area contributed by atoms with Gasteiger partial charge in [-0.05, 0) is 43.2 Å². The summed E-state index contributed by atoms with van der Waals surface area (Å²) in [6.45, 7) is 6.79. The van der Waals surface area contributed by atoms with Crippen LogP contribution >= 0.6 is 12.4 Å². The van der Waals surface area contributed by atoms with Gasteiger partial charge in [0.15, 0.2) is 11.5 Å². The van der Waals surface area contributed by atoms with Crippen LogP contribution in [0.3, 0.4) is 0 Å². The Hall–Kier alpha value is -1.78. The molecule has 2 rings (SSSR count). The minimum atomic E-state index is 0. The third-order valence-corrected chi connectivity index (χ3v) is 2.99. The van der Waals surface area contributed by atoms with Crippen LogP contribution in [0.2, 0.25) is 0 Å². The lowest BCUT2D eigenvalue weighted by Gasteiger charge is -2.12. The Morgan fingerprint density at radius 3 is 2.36 bits per heavy atom. The van der Waals surface area contributed by atoms with E-state index in [0.717, 1.165) is 24.6 Å². The normalized spacial score (nSPS) is 9.91. The van der Waals surface area contributed by atoms with Gasteiger partial charge in [0.2, 0.25) is 0 Å². The van der Waals surface area contributed by atoms with E-state index in [4.69, 9.17) is 9.47 Å². The predicted molar refractivity (Wildman–Crippen MR) is 90.8 cm³/mol. The van der Waals surface area contributed by atoms with E-state index in [0.29, 0.717) is 13.2 Å². The molecular weight excluding hydrogens is 300 g/mol. The number of hydrogen-bond acceptors (Lipinski definition) is 4. The van der Waals surface area contributed by atoms with Gasteiger partial charge in [-0.1, -0.05) is 12.1 Å². The number of nitrogens with zero attached hydrogens (tertiary/aromatic N) is 1. The third-order valence-electron chi connectivity index (χ3n) is 2.99. The van der Waals surface area contributed by atoms with E-state index in [2.05, 4.69) is 22.4 Å². The molecule has 0 radical (unpaired) electrons. The minimum Gasteiger partial charge on any atom is -0.490 e. The first-order valence-electron chi connectivity index (χ1n) is 7.31. The molecule has 4 nitrogen and oxygen atoms in total. The van der Waals surface area contributed by atoms with Gasteiger partial charge in [-0.15, -0.1) is 12.4 Å². The van der Waals surface area contributed by atoms with Crippen LogP contribution in [-0.2, 0) is 13.1 Å². The molecule has 120 valence electrons. The maximum Gasteiger partial charge on any atom is 0.161 e. The maximum atomic E-state index is 5.63. The highest BCUT2D eigenvalue weighted by Gasteiger charge is 2.06. The Balaban J connectivity index is 0.00000242. The fourth-order valence-electron chi connectivity index (χ4n) is 2.06. The van der Waals surface area contributed by atoms with E-state index < -0.39 is 0 Å². The largest absolute Gasteiger partial charge is 0.490 e. The molecule has 0 aliphatic rings. The Labute approximate surface area is 138 Å². The first kappa shape index (κ1) is 18.3. The van der Waals surface area contributed by atoms with Gasteiger partial charge in [0, 0.05) is 25.5 Å². The van der Waals surface area contributed by atoms with Gasteiger partial charge >= 0.3 is 0 Å². The Kier molecular flexibility index (Phi) is 8.33. The molecule has 0 saturated carbocycles. The molecule has 1 heterocycles. The number of rotatable bonds is 8. The Morgan fingerprint density at radius 2 is 1.68 bits per heavy atom. The van der Waals surface area contributed by atoms with Crippen molar-refractivity contribution in [2.24, 2.45) is 0 Å². The lowest BCUT2D eigenvalue weighted by atomic mass is 10.2. The number of benzene rings is 1. The van der Waals surface area contributed by atoms with Crippen molar-refractivity contribution >= 4 is 12.4 Å². The average molecular weight is 323 g/mol. The molecule has 0 atom stereocenters. The Morgan fingerprint density at radius 1 is 0.955 bits per heavy atom. The van der Waals surface area contributed by atoms with E-state index >= 15 is 0 Å². The van der Waals surface area contributed by atoms with Gasteiger partial charge in [0.25, 0.3) is 0 Å². The zero-order valence-corrected chi connectivity index (χ0v) is 13.9. The summed E-state index contributed by atoms with van der Waals surface area (Å²) >= 11 is 0. The van der Waals surface area contributed by atoms with Crippen LogP contribution in [0.1, 0.15) is 25.0 Å². The van der Waals surface area contributed by atoms with Gasteiger partial charge in [0.05, 0.1) is 13.2 Å². The topological polar surface area (TPSA) is 43.4 Å².